The molecule has 0 bridgehead atoms. The van der Waals surface area contributed by atoms with Crippen LogP contribution >= 0.6 is 0 Å². The molecule has 1 aliphatic rings. The number of carbonyl (C=O) groups is 3. The highest BCUT2D eigenvalue weighted by Crippen LogP contribution is 2.26. The topological polar surface area (TPSA) is 75.7 Å². The fourth-order valence-electron chi connectivity index (χ4n) is 3.04. The molecule has 1 aliphatic heterocycles. The van der Waals surface area contributed by atoms with Crippen molar-refractivity contribution in [3.63, 3.8) is 0 Å². The number of esters is 1. The van der Waals surface area contributed by atoms with Crippen molar-refractivity contribution in [2.45, 2.75) is 52.5 Å². The van der Waals surface area contributed by atoms with Gasteiger partial charge in [-0.1, -0.05) is 32.9 Å². The molecule has 0 saturated carbocycles. The maximum absolute atomic E-state index is 12.2. The Bertz CT molecular complexity index is 638. The molecular weight excluding hydrogens is 332 g/mol. The maximum Gasteiger partial charge on any atom is 0.311 e. The van der Waals surface area contributed by atoms with Gasteiger partial charge in [-0.25, -0.2) is 0 Å². The minimum Gasteiger partial charge on any atom is -0.455 e. The summed E-state index contributed by atoms with van der Waals surface area (Å²) in [6, 6.07) is 7.85. The zero-order valence-corrected chi connectivity index (χ0v) is 15.8. The fraction of sp³-hybridized carbons (Fsp3) is 0.550. The zero-order chi connectivity index (χ0) is 19.1. The molecule has 0 radical (unpaired) electrons. The van der Waals surface area contributed by atoms with E-state index >= 15 is 0 Å². The molecule has 6 nitrogen and oxygen atoms in total. The van der Waals surface area contributed by atoms with E-state index in [1.165, 1.54) is 5.56 Å². The molecule has 2 amide bonds. The minimum absolute atomic E-state index is 0.0934. The molecule has 1 aromatic rings. The van der Waals surface area contributed by atoms with Gasteiger partial charge < -0.3 is 15.0 Å². The van der Waals surface area contributed by atoms with Gasteiger partial charge in [-0.05, 0) is 37.0 Å². The first-order valence-corrected chi connectivity index (χ1v) is 9.33. The molecule has 0 spiro atoms. The number of ether oxygens (including phenoxy) is 1. The van der Waals surface area contributed by atoms with E-state index in [4.69, 9.17) is 4.74 Å². The van der Waals surface area contributed by atoms with Gasteiger partial charge >= 0.3 is 5.97 Å². The Balaban J connectivity index is 1.87. The minimum atomic E-state index is -0.533. The fourth-order valence-corrected chi connectivity index (χ4v) is 3.04. The smallest absolute Gasteiger partial charge is 0.311 e. The summed E-state index contributed by atoms with van der Waals surface area (Å²) in [5.74, 6) is -1.43. The average molecular weight is 360 g/mol. The van der Waals surface area contributed by atoms with Crippen LogP contribution in [-0.4, -0.2) is 37.0 Å². The van der Waals surface area contributed by atoms with Crippen LogP contribution in [0.25, 0.3) is 0 Å². The van der Waals surface area contributed by atoms with Crippen molar-refractivity contribution in [2.24, 2.45) is 5.92 Å². The van der Waals surface area contributed by atoms with Crippen molar-refractivity contribution in [3.05, 3.63) is 29.8 Å². The lowest BCUT2D eigenvalue weighted by Crippen LogP contribution is -2.37. The molecule has 2 rings (SSSR count). The Kier molecular flexibility index (Phi) is 7.18. The van der Waals surface area contributed by atoms with E-state index in [2.05, 4.69) is 12.2 Å². The number of aryl methyl sites for hydroxylation is 1. The Hall–Kier alpha value is -2.37. The summed E-state index contributed by atoms with van der Waals surface area (Å²) >= 11 is 0. The van der Waals surface area contributed by atoms with Crippen molar-refractivity contribution < 1.29 is 19.1 Å². The van der Waals surface area contributed by atoms with Crippen molar-refractivity contribution >= 4 is 23.5 Å². The predicted octanol–water partition coefficient (Wildman–Crippen LogP) is 2.45. The van der Waals surface area contributed by atoms with E-state index in [-0.39, 0.29) is 37.4 Å². The number of benzene rings is 1. The Morgan fingerprint density at radius 1 is 1.19 bits per heavy atom. The number of amides is 2. The zero-order valence-electron chi connectivity index (χ0n) is 15.8. The van der Waals surface area contributed by atoms with Gasteiger partial charge in [0.1, 0.15) is 0 Å². The Morgan fingerprint density at radius 2 is 1.85 bits per heavy atom. The van der Waals surface area contributed by atoms with Gasteiger partial charge in [0.2, 0.25) is 5.91 Å². The van der Waals surface area contributed by atoms with Crippen LogP contribution in [0, 0.1) is 5.92 Å². The van der Waals surface area contributed by atoms with Crippen LogP contribution in [0.1, 0.15) is 45.6 Å². The molecule has 1 atom stereocenters. The normalized spacial score (nSPS) is 16.8. The van der Waals surface area contributed by atoms with Gasteiger partial charge in [0, 0.05) is 24.7 Å². The number of hydrogen-bond donors (Lipinski definition) is 1. The summed E-state index contributed by atoms with van der Waals surface area (Å²) in [5, 5.41) is 2.82. The summed E-state index contributed by atoms with van der Waals surface area (Å²) in [6.07, 6.45) is 2.71. The summed E-state index contributed by atoms with van der Waals surface area (Å²) in [5.41, 5.74) is 1.98. The number of rotatable bonds is 8. The molecule has 1 saturated heterocycles. The van der Waals surface area contributed by atoms with E-state index < -0.39 is 11.9 Å². The van der Waals surface area contributed by atoms with Gasteiger partial charge in [0.15, 0.2) is 6.61 Å². The molecule has 1 heterocycles. The van der Waals surface area contributed by atoms with Gasteiger partial charge in [-0.3, -0.25) is 14.4 Å². The van der Waals surface area contributed by atoms with E-state index in [0.29, 0.717) is 0 Å². The number of carbonyl (C=O) groups excluding carboxylic acids is 3. The number of nitrogens with one attached hydrogen (secondary N) is 1. The molecule has 26 heavy (non-hydrogen) atoms. The van der Waals surface area contributed by atoms with Gasteiger partial charge in [-0.2, -0.15) is 0 Å². The predicted molar refractivity (Wildman–Crippen MR) is 99.8 cm³/mol. The Morgan fingerprint density at radius 3 is 2.42 bits per heavy atom. The number of anilines is 1. The quantitative estimate of drug-likeness (QED) is 0.723. The Labute approximate surface area is 154 Å². The largest absolute Gasteiger partial charge is 0.455 e. The monoisotopic (exact) mass is 360 g/mol. The highest BCUT2D eigenvalue weighted by atomic mass is 16.5. The van der Waals surface area contributed by atoms with Crippen LogP contribution in [0.15, 0.2) is 24.3 Å². The first-order chi connectivity index (χ1) is 12.5. The van der Waals surface area contributed by atoms with Crippen molar-refractivity contribution in [1.29, 1.82) is 0 Å². The third-order valence-electron chi connectivity index (χ3n) is 4.81. The summed E-state index contributed by atoms with van der Waals surface area (Å²) in [4.78, 5) is 37.9. The summed E-state index contributed by atoms with van der Waals surface area (Å²) < 4.78 is 5.12. The highest BCUT2D eigenvalue weighted by Gasteiger charge is 2.36. The molecule has 1 fully saturated rings. The van der Waals surface area contributed by atoms with E-state index in [1.807, 2.05) is 38.1 Å². The maximum atomic E-state index is 12.2. The lowest BCUT2D eigenvalue weighted by Gasteiger charge is -2.17. The second-order valence-electron chi connectivity index (χ2n) is 6.61. The molecule has 1 aromatic carbocycles. The molecule has 0 aliphatic carbocycles. The molecule has 6 heteroatoms. The van der Waals surface area contributed by atoms with Crippen LogP contribution < -0.4 is 10.2 Å². The van der Waals surface area contributed by atoms with E-state index in [9.17, 15) is 14.4 Å². The lowest BCUT2D eigenvalue weighted by atomic mass is 10.1. The number of nitrogens with zero attached hydrogens (tertiary/aromatic N) is 1. The van der Waals surface area contributed by atoms with Crippen LogP contribution in [0.5, 0.6) is 0 Å². The van der Waals surface area contributed by atoms with Gasteiger partial charge in [-0.15, -0.1) is 0 Å². The molecule has 0 unspecified atom stereocenters. The third kappa shape index (κ3) is 5.07. The van der Waals surface area contributed by atoms with Crippen LogP contribution in [0.4, 0.5) is 5.69 Å². The summed E-state index contributed by atoms with van der Waals surface area (Å²) in [6.45, 7) is 6.04. The van der Waals surface area contributed by atoms with Crippen LogP contribution in [-0.2, 0) is 25.5 Å². The number of hydrogen-bond acceptors (Lipinski definition) is 4. The first kappa shape index (κ1) is 19.9. The molecule has 142 valence electrons. The molecular formula is C20H28N2O4. The van der Waals surface area contributed by atoms with Gasteiger partial charge in [0.25, 0.3) is 5.91 Å². The molecule has 1 N–H and O–H groups in total. The standard InChI is InChI=1S/C20H28N2O4/c1-4-14-7-9-17(10-8-14)22-12-15(11-19(22)24)20(25)26-13-18(23)21-16(5-2)6-3/h7-10,15-16H,4-6,11-13H2,1-3H3,(H,21,23)/t15-/m0/s1. The van der Waals surface area contributed by atoms with Crippen molar-refractivity contribution in [3.8, 4) is 0 Å². The van der Waals surface area contributed by atoms with Gasteiger partial charge in [0.05, 0.1) is 5.92 Å². The lowest BCUT2D eigenvalue weighted by molar-refractivity contribution is -0.152. The SMILES string of the molecule is CCc1ccc(N2C[C@@H](C(=O)OCC(=O)NC(CC)CC)CC2=O)cc1. The van der Waals surface area contributed by atoms with Crippen molar-refractivity contribution in [1.82, 2.24) is 5.32 Å². The molecule has 0 aromatic heterocycles. The van der Waals surface area contributed by atoms with Crippen LogP contribution in [0.3, 0.4) is 0 Å². The average Bonchev–Trinajstić information content (AvgIpc) is 3.06. The second kappa shape index (κ2) is 9.36. The van der Waals surface area contributed by atoms with Crippen LogP contribution in [0.2, 0.25) is 0 Å². The third-order valence-corrected chi connectivity index (χ3v) is 4.81. The first-order valence-electron chi connectivity index (χ1n) is 9.33. The highest BCUT2D eigenvalue weighted by molar-refractivity contribution is 5.99. The second-order valence-corrected chi connectivity index (χ2v) is 6.61. The van der Waals surface area contributed by atoms with E-state index in [0.717, 1.165) is 24.9 Å². The van der Waals surface area contributed by atoms with E-state index in [1.54, 1.807) is 4.90 Å². The van der Waals surface area contributed by atoms with Crippen molar-refractivity contribution in [2.75, 3.05) is 18.1 Å². The summed E-state index contributed by atoms with van der Waals surface area (Å²) in [7, 11) is 0.